The smallest absolute Gasteiger partial charge is 0.267 e. The average Bonchev–Trinajstić information content (AvgIpc) is 3.28. The van der Waals surface area contributed by atoms with Gasteiger partial charge < -0.3 is 25.9 Å². The fourth-order valence-electron chi connectivity index (χ4n) is 2.74. The second-order valence-electron chi connectivity index (χ2n) is 6.36. The van der Waals surface area contributed by atoms with Crippen molar-refractivity contribution in [2.75, 3.05) is 11.1 Å². The van der Waals surface area contributed by atoms with E-state index in [9.17, 15) is 4.79 Å². The van der Waals surface area contributed by atoms with Crippen LogP contribution in [-0.4, -0.2) is 20.9 Å². The number of aromatic nitrogens is 3. The van der Waals surface area contributed by atoms with Crippen LogP contribution in [-0.2, 0) is 6.61 Å². The third kappa shape index (κ3) is 4.53. The van der Waals surface area contributed by atoms with Gasteiger partial charge >= 0.3 is 0 Å². The van der Waals surface area contributed by atoms with E-state index in [-0.39, 0.29) is 18.2 Å². The van der Waals surface area contributed by atoms with E-state index in [4.69, 9.17) is 20.6 Å². The minimum atomic E-state index is -0.575. The van der Waals surface area contributed by atoms with Crippen molar-refractivity contribution in [2.45, 2.75) is 6.61 Å². The van der Waals surface area contributed by atoms with E-state index >= 15 is 0 Å². The third-order valence-electron chi connectivity index (χ3n) is 4.17. The van der Waals surface area contributed by atoms with Gasteiger partial charge in [0.2, 0.25) is 5.95 Å². The Bertz CT molecular complexity index is 1160. The predicted molar refractivity (Wildman–Crippen MR) is 111 cm³/mol. The number of nitrogens with two attached hydrogens (primary N) is 2. The highest BCUT2D eigenvalue weighted by atomic mass is 16.5. The van der Waals surface area contributed by atoms with Crippen LogP contribution in [0.5, 0.6) is 5.75 Å². The second-order valence-corrected chi connectivity index (χ2v) is 6.36. The van der Waals surface area contributed by atoms with E-state index < -0.39 is 5.91 Å². The fraction of sp³-hybridized carbons (Fsp3) is 0.0476. The Balaban J connectivity index is 1.42. The summed E-state index contributed by atoms with van der Waals surface area (Å²) >= 11 is 0. The molecule has 4 aromatic rings. The first-order chi connectivity index (χ1) is 14.6. The zero-order valence-electron chi connectivity index (χ0n) is 15.8. The van der Waals surface area contributed by atoms with Crippen LogP contribution in [0.25, 0.3) is 11.3 Å². The molecule has 0 radical (unpaired) electrons. The molecule has 0 unspecified atom stereocenters. The first kappa shape index (κ1) is 18.9. The first-order valence-electron chi connectivity index (χ1n) is 8.98. The lowest BCUT2D eigenvalue weighted by Crippen LogP contribution is -2.13. The summed E-state index contributed by atoms with van der Waals surface area (Å²) in [4.78, 5) is 23.6. The van der Waals surface area contributed by atoms with Crippen molar-refractivity contribution < 1.29 is 13.9 Å². The van der Waals surface area contributed by atoms with Gasteiger partial charge in [-0.25, -0.2) is 4.98 Å². The Labute approximate surface area is 171 Å². The number of hydrogen-bond acceptors (Lipinski definition) is 8. The number of pyridine rings is 1. The van der Waals surface area contributed by atoms with Gasteiger partial charge in [-0.05, 0) is 48.0 Å². The molecule has 9 nitrogen and oxygen atoms in total. The van der Waals surface area contributed by atoms with E-state index in [0.717, 1.165) is 16.8 Å². The van der Waals surface area contributed by atoms with Crippen LogP contribution in [0.1, 0.15) is 16.1 Å². The Hall–Kier alpha value is -4.40. The second kappa shape index (κ2) is 8.31. The van der Waals surface area contributed by atoms with Gasteiger partial charge in [0, 0.05) is 23.5 Å². The summed E-state index contributed by atoms with van der Waals surface area (Å²) in [5, 5.41) is 3.19. The summed E-state index contributed by atoms with van der Waals surface area (Å²) in [6.07, 6.45) is 4.68. The highest BCUT2D eigenvalue weighted by Gasteiger charge is 2.07. The monoisotopic (exact) mass is 402 g/mol. The number of benzene rings is 1. The molecule has 0 saturated carbocycles. The van der Waals surface area contributed by atoms with Crippen molar-refractivity contribution in [2.24, 2.45) is 5.73 Å². The topological polar surface area (TPSA) is 142 Å². The maximum atomic E-state index is 11.2. The summed E-state index contributed by atoms with van der Waals surface area (Å²) in [5.41, 5.74) is 14.3. The molecule has 0 bridgehead atoms. The molecular formula is C21H18N6O3. The van der Waals surface area contributed by atoms with Gasteiger partial charge in [-0.15, -0.1) is 0 Å². The van der Waals surface area contributed by atoms with Crippen molar-refractivity contribution in [3.8, 4) is 17.0 Å². The number of nitrogens with zero attached hydrogens (tertiary/aromatic N) is 3. The van der Waals surface area contributed by atoms with Crippen LogP contribution in [0.3, 0.4) is 0 Å². The number of rotatable bonds is 7. The lowest BCUT2D eigenvalue weighted by atomic mass is 10.2. The molecule has 3 aromatic heterocycles. The predicted octanol–water partition coefficient (Wildman–Crippen LogP) is 3.14. The Morgan fingerprint density at radius 2 is 1.93 bits per heavy atom. The molecule has 1 amide bonds. The van der Waals surface area contributed by atoms with E-state index in [1.807, 2.05) is 24.3 Å². The highest BCUT2D eigenvalue weighted by Crippen LogP contribution is 2.24. The molecule has 0 aliphatic heterocycles. The molecule has 150 valence electrons. The number of hydrogen-bond donors (Lipinski definition) is 3. The van der Waals surface area contributed by atoms with Crippen molar-refractivity contribution in [1.82, 2.24) is 15.0 Å². The zero-order valence-corrected chi connectivity index (χ0v) is 15.8. The van der Waals surface area contributed by atoms with Crippen LogP contribution in [0.15, 0.2) is 71.7 Å². The van der Waals surface area contributed by atoms with Gasteiger partial charge in [0.15, 0.2) is 0 Å². The molecular weight excluding hydrogens is 384 g/mol. The molecule has 3 heterocycles. The maximum absolute atomic E-state index is 11.2. The lowest BCUT2D eigenvalue weighted by molar-refractivity contribution is 0.0995. The molecule has 9 heteroatoms. The molecule has 0 fully saturated rings. The SMILES string of the molecule is NC(=O)c1cc(COc2ccc(Nc3cc(-c4ccoc4)nc(N)n3)cc2)ccn1. The van der Waals surface area contributed by atoms with Gasteiger partial charge in [-0.3, -0.25) is 9.78 Å². The quantitative estimate of drug-likeness (QED) is 0.428. The van der Waals surface area contributed by atoms with E-state index in [0.29, 0.717) is 17.3 Å². The Kier molecular flexibility index (Phi) is 5.25. The van der Waals surface area contributed by atoms with Gasteiger partial charge in [-0.1, -0.05) is 0 Å². The summed E-state index contributed by atoms with van der Waals surface area (Å²) < 4.78 is 10.8. The van der Waals surface area contributed by atoms with E-state index in [1.165, 1.54) is 6.20 Å². The summed E-state index contributed by atoms with van der Waals surface area (Å²) in [6.45, 7) is 0.284. The van der Waals surface area contributed by atoms with Crippen molar-refractivity contribution in [3.63, 3.8) is 0 Å². The third-order valence-corrected chi connectivity index (χ3v) is 4.17. The lowest BCUT2D eigenvalue weighted by Gasteiger charge is -2.10. The van der Waals surface area contributed by atoms with Gasteiger partial charge in [0.25, 0.3) is 5.91 Å². The average molecular weight is 402 g/mol. The van der Waals surface area contributed by atoms with Crippen LogP contribution in [0.4, 0.5) is 17.5 Å². The number of carbonyl (C=O) groups is 1. The number of carbonyl (C=O) groups excluding carboxylic acids is 1. The van der Waals surface area contributed by atoms with Gasteiger partial charge in [0.1, 0.15) is 23.9 Å². The zero-order chi connectivity index (χ0) is 20.9. The number of nitrogens with one attached hydrogen (secondary N) is 1. The molecule has 4 rings (SSSR count). The first-order valence-corrected chi connectivity index (χ1v) is 8.98. The van der Waals surface area contributed by atoms with Crippen molar-refractivity contribution >= 4 is 23.4 Å². The normalized spacial score (nSPS) is 10.5. The van der Waals surface area contributed by atoms with Gasteiger partial charge in [-0.2, -0.15) is 4.98 Å². The Morgan fingerprint density at radius 1 is 1.10 bits per heavy atom. The number of primary amides is 1. The molecule has 5 N–H and O–H groups in total. The molecule has 0 saturated heterocycles. The van der Waals surface area contributed by atoms with Crippen LogP contribution >= 0.6 is 0 Å². The molecule has 0 aliphatic carbocycles. The molecule has 0 atom stereocenters. The van der Waals surface area contributed by atoms with Crippen LogP contribution in [0, 0.1) is 0 Å². The van der Waals surface area contributed by atoms with Crippen LogP contribution < -0.4 is 21.5 Å². The van der Waals surface area contributed by atoms with Crippen LogP contribution in [0.2, 0.25) is 0 Å². The fourth-order valence-corrected chi connectivity index (χ4v) is 2.74. The number of furan rings is 1. The standard InChI is InChI=1S/C21H18N6O3/c22-20(28)18-9-13(5-7-24-18)11-30-16-3-1-15(2-4-16)25-19-10-17(26-21(23)27-19)14-6-8-29-12-14/h1-10,12H,11H2,(H2,22,28)(H3,23,25,26,27). The summed E-state index contributed by atoms with van der Waals surface area (Å²) in [5.74, 6) is 0.805. The van der Waals surface area contributed by atoms with E-state index in [2.05, 4.69) is 20.3 Å². The summed E-state index contributed by atoms with van der Waals surface area (Å²) in [6, 6.07) is 14.3. The largest absolute Gasteiger partial charge is 0.489 e. The minimum absolute atomic E-state index is 0.156. The molecule has 0 aliphatic rings. The van der Waals surface area contributed by atoms with Crippen molar-refractivity contribution in [1.29, 1.82) is 0 Å². The number of amides is 1. The maximum Gasteiger partial charge on any atom is 0.267 e. The van der Waals surface area contributed by atoms with Crippen molar-refractivity contribution in [3.05, 3.63) is 78.5 Å². The number of anilines is 3. The molecule has 30 heavy (non-hydrogen) atoms. The molecule has 0 spiro atoms. The number of ether oxygens (including phenoxy) is 1. The Morgan fingerprint density at radius 3 is 2.67 bits per heavy atom. The minimum Gasteiger partial charge on any atom is -0.489 e. The highest BCUT2D eigenvalue weighted by molar-refractivity contribution is 5.90. The summed E-state index contributed by atoms with van der Waals surface area (Å²) in [7, 11) is 0. The van der Waals surface area contributed by atoms with Gasteiger partial charge in [0.05, 0.1) is 18.2 Å². The molecule has 1 aromatic carbocycles. The number of nitrogen functional groups attached to an aromatic ring is 1. The van der Waals surface area contributed by atoms with E-state index in [1.54, 1.807) is 36.8 Å².